The molecule has 5 heteroatoms. The van der Waals surface area contributed by atoms with Crippen LogP contribution in [0.5, 0.6) is 0 Å². The molecule has 1 aromatic carbocycles. The lowest BCUT2D eigenvalue weighted by atomic mass is 9.89. The van der Waals surface area contributed by atoms with Crippen molar-refractivity contribution in [3.8, 4) is 0 Å². The highest BCUT2D eigenvalue weighted by molar-refractivity contribution is 6.31. The number of hydrogen-bond acceptors (Lipinski definition) is 3. The number of benzene rings is 1. The summed E-state index contributed by atoms with van der Waals surface area (Å²) in [5.41, 5.74) is 0.457. The van der Waals surface area contributed by atoms with E-state index >= 15 is 0 Å². The molecule has 1 amide bonds. The fourth-order valence-electron chi connectivity index (χ4n) is 2.66. The lowest BCUT2D eigenvalue weighted by molar-refractivity contribution is 0.0283. The summed E-state index contributed by atoms with van der Waals surface area (Å²) in [5, 5.41) is 10.3. The third kappa shape index (κ3) is 3.89. The van der Waals surface area contributed by atoms with Crippen molar-refractivity contribution in [3.05, 3.63) is 34.9 Å². The Morgan fingerprint density at radius 3 is 2.62 bits per heavy atom. The van der Waals surface area contributed by atoms with E-state index in [1.807, 2.05) is 45.0 Å². The van der Waals surface area contributed by atoms with Gasteiger partial charge in [0.25, 0.3) is 0 Å². The second kappa shape index (κ2) is 6.24. The Labute approximate surface area is 130 Å². The quantitative estimate of drug-likeness (QED) is 0.912. The number of aliphatic hydroxyl groups is 1. The van der Waals surface area contributed by atoms with Crippen molar-refractivity contribution in [1.29, 1.82) is 0 Å². The van der Waals surface area contributed by atoms with Gasteiger partial charge >= 0.3 is 6.09 Å². The standard InChI is InChI=1S/C16H22ClNO3/c1-16(2,3)21-15(20)18-8-11(10-19)13(9-18)12-6-4-5-7-14(12)17/h4-7,11,13,19H,8-10H2,1-3H3/t11-,13+/m1/s1. The van der Waals surface area contributed by atoms with Gasteiger partial charge < -0.3 is 14.7 Å². The molecule has 0 aliphatic carbocycles. The number of likely N-dealkylation sites (tertiary alicyclic amines) is 1. The first-order valence-electron chi connectivity index (χ1n) is 7.15. The van der Waals surface area contributed by atoms with E-state index in [1.54, 1.807) is 4.90 Å². The van der Waals surface area contributed by atoms with Crippen molar-refractivity contribution in [2.75, 3.05) is 19.7 Å². The predicted molar refractivity (Wildman–Crippen MR) is 82.6 cm³/mol. The zero-order valence-corrected chi connectivity index (χ0v) is 13.4. The van der Waals surface area contributed by atoms with Crippen molar-refractivity contribution in [2.24, 2.45) is 5.92 Å². The molecular weight excluding hydrogens is 290 g/mol. The summed E-state index contributed by atoms with van der Waals surface area (Å²) in [4.78, 5) is 13.8. The molecule has 4 nitrogen and oxygen atoms in total. The van der Waals surface area contributed by atoms with Crippen molar-refractivity contribution in [2.45, 2.75) is 32.3 Å². The van der Waals surface area contributed by atoms with Crippen LogP contribution in [0.2, 0.25) is 5.02 Å². The summed E-state index contributed by atoms with van der Waals surface area (Å²) >= 11 is 6.24. The van der Waals surface area contributed by atoms with E-state index in [1.165, 1.54) is 0 Å². The summed E-state index contributed by atoms with van der Waals surface area (Å²) in [6.07, 6.45) is -0.337. The molecule has 21 heavy (non-hydrogen) atoms. The van der Waals surface area contributed by atoms with Gasteiger partial charge in [-0.05, 0) is 32.4 Å². The van der Waals surface area contributed by atoms with Crippen LogP contribution in [0.4, 0.5) is 4.79 Å². The van der Waals surface area contributed by atoms with E-state index in [0.29, 0.717) is 18.1 Å². The molecule has 1 fully saturated rings. The third-order valence-electron chi connectivity index (χ3n) is 3.63. The fraction of sp³-hybridized carbons (Fsp3) is 0.562. The van der Waals surface area contributed by atoms with Gasteiger partial charge in [0.05, 0.1) is 0 Å². The zero-order valence-electron chi connectivity index (χ0n) is 12.7. The molecule has 0 spiro atoms. The molecule has 0 unspecified atom stereocenters. The maximum Gasteiger partial charge on any atom is 0.410 e. The smallest absolute Gasteiger partial charge is 0.410 e. The Balaban J connectivity index is 2.15. The Hall–Kier alpha value is -1.26. The van der Waals surface area contributed by atoms with Crippen molar-refractivity contribution in [3.63, 3.8) is 0 Å². The largest absolute Gasteiger partial charge is 0.444 e. The van der Waals surface area contributed by atoms with Gasteiger partial charge in [0.2, 0.25) is 0 Å². The Morgan fingerprint density at radius 1 is 1.38 bits per heavy atom. The first kappa shape index (κ1) is 16.1. The number of halogens is 1. The molecule has 0 bridgehead atoms. The molecule has 2 atom stereocenters. The van der Waals surface area contributed by atoms with Gasteiger partial charge in [-0.3, -0.25) is 0 Å². The normalized spacial score (nSPS) is 22.4. The topological polar surface area (TPSA) is 49.8 Å². The fourth-order valence-corrected chi connectivity index (χ4v) is 2.94. The van der Waals surface area contributed by atoms with Crippen LogP contribution < -0.4 is 0 Å². The Kier molecular flexibility index (Phi) is 4.79. The molecule has 116 valence electrons. The van der Waals surface area contributed by atoms with Gasteiger partial charge in [0, 0.05) is 36.6 Å². The van der Waals surface area contributed by atoms with Crippen molar-refractivity contribution < 1.29 is 14.6 Å². The van der Waals surface area contributed by atoms with Gasteiger partial charge in [0.15, 0.2) is 0 Å². The Bertz CT molecular complexity index is 512. The number of hydrogen-bond donors (Lipinski definition) is 1. The van der Waals surface area contributed by atoms with Crippen LogP contribution in [0.3, 0.4) is 0 Å². The minimum atomic E-state index is -0.520. The molecule has 0 aromatic heterocycles. The number of aliphatic hydroxyl groups excluding tert-OH is 1. The summed E-state index contributed by atoms with van der Waals surface area (Å²) in [7, 11) is 0. The molecule has 0 saturated carbocycles. The van der Waals surface area contributed by atoms with E-state index in [9.17, 15) is 9.90 Å². The van der Waals surface area contributed by atoms with E-state index in [0.717, 1.165) is 5.56 Å². The van der Waals surface area contributed by atoms with Crippen LogP contribution >= 0.6 is 11.6 Å². The van der Waals surface area contributed by atoms with Crippen LogP contribution in [-0.2, 0) is 4.74 Å². The molecular formula is C16H22ClNO3. The highest BCUT2D eigenvalue weighted by atomic mass is 35.5. The van der Waals surface area contributed by atoms with Gasteiger partial charge in [0.1, 0.15) is 5.60 Å². The van der Waals surface area contributed by atoms with Gasteiger partial charge in [-0.25, -0.2) is 4.79 Å². The van der Waals surface area contributed by atoms with Gasteiger partial charge in [-0.2, -0.15) is 0 Å². The second-order valence-electron chi connectivity index (χ2n) is 6.46. The molecule has 1 aliphatic rings. The van der Waals surface area contributed by atoms with Crippen LogP contribution in [0, 0.1) is 5.92 Å². The average Bonchev–Trinajstić information content (AvgIpc) is 2.81. The summed E-state index contributed by atoms with van der Waals surface area (Å²) in [5.74, 6) is 0.0219. The number of carbonyl (C=O) groups is 1. The van der Waals surface area contributed by atoms with Gasteiger partial charge in [-0.1, -0.05) is 29.8 Å². The summed E-state index contributed by atoms with van der Waals surface area (Å²) < 4.78 is 5.40. The van der Waals surface area contributed by atoms with E-state index in [4.69, 9.17) is 16.3 Å². The summed E-state index contributed by atoms with van der Waals surface area (Å²) in [6, 6.07) is 7.59. The van der Waals surface area contributed by atoms with E-state index in [2.05, 4.69) is 0 Å². The number of amides is 1. The van der Waals surface area contributed by atoms with Crippen LogP contribution in [0.15, 0.2) is 24.3 Å². The predicted octanol–water partition coefficient (Wildman–Crippen LogP) is 3.28. The van der Waals surface area contributed by atoms with Crippen LogP contribution in [0.25, 0.3) is 0 Å². The maximum absolute atomic E-state index is 12.2. The SMILES string of the molecule is CC(C)(C)OC(=O)N1C[C@H](CO)[C@@H](c2ccccc2Cl)C1. The highest BCUT2D eigenvalue weighted by Crippen LogP contribution is 2.36. The first-order valence-corrected chi connectivity index (χ1v) is 7.53. The second-order valence-corrected chi connectivity index (χ2v) is 6.86. The van der Waals surface area contributed by atoms with E-state index < -0.39 is 5.60 Å². The van der Waals surface area contributed by atoms with Crippen LogP contribution in [-0.4, -0.2) is 41.4 Å². The number of carbonyl (C=O) groups excluding carboxylic acids is 1. The molecule has 2 rings (SSSR count). The van der Waals surface area contributed by atoms with Gasteiger partial charge in [-0.15, -0.1) is 0 Å². The highest BCUT2D eigenvalue weighted by Gasteiger charge is 2.38. The van der Waals surface area contributed by atoms with Crippen molar-refractivity contribution >= 4 is 17.7 Å². The minimum Gasteiger partial charge on any atom is -0.444 e. The van der Waals surface area contributed by atoms with Crippen molar-refractivity contribution in [1.82, 2.24) is 4.90 Å². The van der Waals surface area contributed by atoms with Crippen LogP contribution in [0.1, 0.15) is 32.3 Å². The average molecular weight is 312 g/mol. The first-order chi connectivity index (χ1) is 9.81. The molecule has 1 heterocycles. The maximum atomic E-state index is 12.2. The Morgan fingerprint density at radius 2 is 2.05 bits per heavy atom. The number of ether oxygens (including phenoxy) is 1. The summed E-state index contributed by atoms with van der Waals surface area (Å²) in [6.45, 7) is 6.56. The lowest BCUT2D eigenvalue weighted by Crippen LogP contribution is -2.35. The molecule has 1 saturated heterocycles. The minimum absolute atomic E-state index is 0.0163. The number of nitrogens with zero attached hydrogens (tertiary/aromatic N) is 1. The lowest BCUT2D eigenvalue weighted by Gasteiger charge is -2.24. The molecule has 1 N–H and O–H groups in total. The molecule has 1 aliphatic heterocycles. The zero-order chi connectivity index (χ0) is 15.6. The van der Waals surface area contributed by atoms with E-state index in [-0.39, 0.29) is 24.5 Å². The number of rotatable bonds is 2. The monoisotopic (exact) mass is 311 g/mol. The molecule has 0 radical (unpaired) electrons. The third-order valence-corrected chi connectivity index (χ3v) is 3.98. The molecule has 1 aromatic rings.